The van der Waals surface area contributed by atoms with Crippen molar-refractivity contribution < 1.29 is 28.7 Å². The van der Waals surface area contributed by atoms with Crippen LogP contribution in [0.15, 0.2) is 0 Å². The maximum Gasteiger partial charge on any atom is 0.347 e. The highest BCUT2D eigenvalue weighted by Gasteiger charge is 2.39. The Morgan fingerprint density at radius 1 is 1.21 bits per heavy atom. The molecule has 0 fully saturated rings. The number of amides is 3. The zero-order valence-electron chi connectivity index (χ0n) is 14.4. The van der Waals surface area contributed by atoms with Crippen LogP contribution in [0.3, 0.4) is 0 Å². The second-order valence-corrected chi connectivity index (χ2v) is 7.44. The van der Waals surface area contributed by atoms with Crippen LogP contribution >= 0.6 is 7.60 Å². The summed E-state index contributed by atoms with van der Waals surface area (Å²) in [5, 5.41) is 5.28. The maximum absolute atomic E-state index is 12.5. The van der Waals surface area contributed by atoms with Crippen LogP contribution in [0.4, 0.5) is 0 Å². The fourth-order valence-corrected chi connectivity index (χ4v) is 2.59. The van der Waals surface area contributed by atoms with Crippen molar-refractivity contribution in [2.45, 2.75) is 52.0 Å². The molecule has 10 nitrogen and oxygen atoms in total. The minimum atomic E-state index is -4.68. The molecule has 0 saturated carbocycles. The molecule has 0 bridgehead atoms. The van der Waals surface area contributed by atoms with Gasteiger partial charge in [-0.15, -0.1) is 0 Å². The second kappa shape index (κ2) is 9.73. The summed E-state index contributed by atoms with van der Waals surface area (Å²) in [4.78, 5) is 54.9. The molecule has 0 unspecified atom stereocenters. The first-order valence-corrected chi connectivity index (χ1v) is 9.28. The van der Waals surface area contributed by atoms with Crippen LogP contribution in [0.2, 0.25) is 0 Å². The third-order valence-electron chi connectivity index (χ3n) is 3.43. The quantitative estimate of drug-likeness (QED) is 0.237. The fraction of sp³-hybridized carbons (Fsp3) is 0.769. The van der Waals surface area contributed by atoms with Crippen molar-refractivity contribution in [3.05, 3.63) is 0 Å². The zero-order valence-corrected chi connectivity index (χ0v) is 15.2. The van der Waals surface area contributed by atoms with Crippen LogP contribution in [0, 0.1) is 0 Å². The number of carbonyl (C=O) groups excluding carboxylic acids is 3. The molecular weight excluding hydrogens is 339 g/mol. The van der Waals surface area contributed by atoms with E-state index in [2.05, 4.69) is 10.6 Å². The van der Waals surface area contributed by atoms with Crippen molar-refractivity contribution in [1.29, 1.82) is 0 Å². The van der Waals surface area contributed by atoms with Gasteiger partial charge in [0.25, 0.3) is 0 Å². The van der Waals surface area contributed by atoms with Crippen molar-refractivity contribution in [1.82, 2.24) is 15.5 Å². The molecule has 6 N–H and O–H groups in total. The molecule has 0 spiro atoms. The van der Waals surface area contributed by atoms with E-state index in [0.29, 0.717) is 11.4 Å². The Hall–Kier alpha value is -1.48. The molecule has 3 amide bonds. The SMILES string of the molecule is CCCNCC(=O)N[C@@H](C)C(=O)N([C@@H](C)C(N)=O)[C@H](C)P(=O)(O)O. The average molecular weight is 366 g/mol. The van der Waals surface area contributed by atoms with Crippen LogP contribution in [-0.4, -0.2) is 63.4 Å². The van der Waals surface area contributed by atoms with Crippen molar-refractivity contribution in [3.8, 4) is 0 Å². The molecule has 0 aliphatic carbocycles. The van der Waals surface area contributed by atoms with E-state index in [-0.39, 0.29) is 6.54 Å². The molecule has 0 radical (unpaired) electrons. The van der Waals surface area contributed by atoms with Gasteiger partial charge in [-0.1, -0.05) is 6.92 Å². The van der Waals surface area contributed by atoms with Gasteiger partial charge in [0.05, 0.1) is 6.54 Å². The Morgan fingerprint density at radius 3 is 2.17 bits per heavy atom. The van der Waals surface area contributed by atoms with Gasteiger partial charge >= 0.3 is 7.60 Å². The largest absolute Gasteiger partial charge is 0.368 e. The summed E-state index contributed by atoms with van der Waals surface area (Å²) in [7, 11) is -4.68. The van der Waals surface area contributed by atoms with Gasteiger partial charge in [-0.3, -0.25) is 18.9 Å². The lowest BCUT2D eigenvalue weighted by Gasteiger charge is -2.35. The smallest absolute Gasteiger partial charge is 0.347 e. The summed E-state index contributed by atoms with van der Waals surface area (Å²) >= 11 is 0. The predicted molar refractivity (Wildman–Crippen MR) is 87.8 cm³/mol. The van der Waals surface area contributed by atoms with Gasteiger partial charge < -0.3 is 31.1 Å². The van der Waals surface area contributed by atoms with E-state index in [9.17, 15) is 28.7 Å². The molecule has 0 aliphatic heterocycles. The van der Waals surface area contributed by atoms with Gasteiger partial charge in [0.15, 0.2) is 0 Å². The van der Waals surface area contributed by atoms with Crippen molar-refractivity contribution in [2.75, 3.05) is 13.1 Å². The Morgan fingerprint density at radius 2 is 1.75 bits per heavy atom. The highest BCUT2D eigenvalue weighted by Crippen LogP contribution is 2.43. The fourth-order valence-electron chi connectivity index (χ4n) is 1.95. The summed E-state index contributed by atoms with van der Waals surface area (Å²) in [5.74, 6) is -3.71. The van der Waals surface area contributed by atoms with Gasteiger partial charge in [0, 0.05) is 0 Å². The van der Waals surface area contributed by atoms with Gasteiger partial charge in [0.2, 0.25) is 17.7 Å². The molecule has 0 aromatic carbocycles. The average Bonchev–Trinajstić information content (AvgIpc) is 2.46. The number of nitrogens with one attached hydrogen (secondary N) is 2. The number of nitrogens with two attached hydrogens (primary N) is 1. The third-order valence-corrected chi connectivity index (χ3v) is 4.66. The second-order valence-electron chi connectivity index (χ2n) is 5.51. The Kier molecular flexibility index (Phi) is 9.13. The van der Waals surface area contributed by atoms with Crippen LogP contribution in [-0.2, 0) is 18.9 Å². The van der Waals surface area contributed by atoms with E-state index in [4.69, 9.17) is 5.73 Å². The lowest BCUT2D eigenvalue weighted by molar-refractivity contribution is -0.142. The van der Waals surface area contributed by atoms with Gasteiger partial charge in [0.1, 0.15) is 17.9 Å². The van der Waals surface area contributed by atoms with E-state index in [1.54, 1.807) is 0 Å². The minimum absolute atomic E-state index is 0.00484. The summed E-state index contributed by atoms with van der Waals surface area (Å²) < 4.78 is 11.5. The Balaban J connectivity index is 5.14. The third kappa shape index (κ3) is 6.96. The summed E-state index contributed by atoms with van der Waals surface area (Å²) in [6, 6.07) is -2.31. The van der Waals surface area contributed by atoms with E-state index in [0.717, 1.165) is 13.3 Å². The highest BCUT2D eigenvalue weighted by atomic mass is 31.2. The van der Waals surface area contributed by atoms with E-state index < -0.39 is 43.2 Å². The Bertz CT molecular complexity index is 509. The number of carbonyl (C=O) groups is 3. The van der Waals surface area contributed by atoms with Gasteiger partial charge in [-0.05, 0) is 33.7 Å². The molecule has 0 saturated heterocycles. The lowest BCUT2D eigenvalue weighted by Crippen LogP contribution is -2.56. The van der Waals surface area contributed by atoms with E-state index in [1.807, 2.05) is 6.92 Å². The van der Waals surface area contributed by atoms with Crippen molar-refractivity contribution in [2.24, 2.45) is 5.73 Å². The van der Waals surface area contributed by atoms with E-state index in [1.165, 1.54) is 13.8 Å². The van der Waals surface area contributed by atoms with Gasteiger partial charge in [-0.25, -0.2) is 0 Å². The molecule has 140 valence electrons. The van der Waals surface area contributed by atoms with Crippen LogP contribution in [0.25, 0.3) is 0 Å². The number of primary amides is 1. The maximum atomic E-state index is 12.5. The monoisotopic (exact) mass is 366 g/mol. The molecule has 0 aliphatic rings. The van der Waals surface area contributed by atoms with Crippen LogP contribution < -0.4 is 16.4 Å². The highest BCUT2D eigenvalue weighted by molar-refractivity contribution is 7.52. The molecular formula is C13H27N4O6P. The molecule has 3 atom stereocenters. The molecule has 0 heterocycles. The first-order chi connectivity index (χ1) is 10.9. The number of nitrogens with zero attached hydrogens (tertiary/aromatic N) is 1. The lowest BCUT2D eigenvalue weighted by atomic mass is 10.2. The summed E-state index contributed by atoms with van der Waals surface area (Å²) in [6.07, 6.45) is 0.839. The van der Waals surface area contributed by atoms with Gasteiger partial charge in [-0.2, -0.15) is 0 Å². The number of hydrogen-bond acceptors (Lipinski definition) is 5. The Labute approximate surface area is 141 Å². The molecule has 0 rings (SSSR count). The molecule has 0 aromatic rings. The summed E-state index contributed by atoms with van der Waals surface area (Å²) in [5.41, 5.74) is 5.16. The number of hydrogen-bond donors (Lipinski definition) is 5. The van der Waals surface area contributed by atoms with Crippen molar-refractivity contribution >= 4 is 25.3 Å². The standard InChI is InChI=1S/C13H27N4O6P/c1-5-6-15-7-11(18)16-8(2)13(20)17(9(3)12(14)19)10(4)24(21,22)23/h8-10,15H,5-7H2,1-4H3,(H2,14,19)(H,16,18)(H2,21,22,23)/t8-,9-,10-/m0/s1. The predicted octanol–water partition coefficient (Wildman–Crippen LogP) is -1.28. The molecule has 24 heavy (non-hydrogen) atoms. The van der Waals surface area contributed by atoms with Crippen LogP contribution in [0.1, 0.15) is 34.1 Å². The molecule has 11 heteroatoms. The minimum Gasteiger partial charge on any atom is -0.368 e. The normalized spacial score (nSPS) is 15.2. The van der Waals surface area contributed by atoms with Crippen molar-refractivity contribution in [3.63, 3.8) is 0 Å². The first kappa shape index (κ1) is 22.5. The molecule has 0 aromatic heterocycles. The summed E-state index contributed by atoms with van der Waals surface area (Å²) in [6.45, 7) is 6.33. The number of rotatable bonds is 10. The first-order valence-electron chi connectivity index (χ1n) is 7.60. The van der Waals surface area contributed by atoms with Crippen LogP contribution in [0.5, 0.6) is 0 Å². The van der Waals surface area contributed by atoms with E-state index >= 15 is 0 Å². The zero-order chi connectivity index (χ0) is 19.1. The topological polar surface area (TPSA) is 162 Å².